The lowest BCUT2D eigenvalue weighted by atomic mass is 10.1. The first kappa shape index (κ1) is 14.8. The maximum atomic E-state index is 11.9. The molecule has 2 heterocycles. The van der Waals surface area contributed by atoms with Gasteiger partial charge in [-0.3, -0.25) is 9.59 Å². The van der Waals surface area contributed by atoms with Crippen molar-refractivity contribution in [3.63, 3.8) is 0 Å². The largest absolute Gasteiger partial charge is 0.354 e. The van der Waals surface area contributed by atoms with Crippen LogP contribution in [0.25, 0.3) is 0 Å². The number of carbonyl (C=O) groups excluding carboxylic acids is 2. The Labute approximate surface area is 131 Å². The first-order valence-corrected chi connectivity index (χ1v) is 9.06. The Kier molecular flexibility index (Phi) is 4.74. The fourth-order valence-corrected chi connectivity index (χ4v) is 4.06. The molecule has 3 rings (SSSR count). The van der Waals surface area contributed by atoms with Crippen molar-refractivity contribution in [1.82, 2.24) is 20.8 Å². The third kappa shape index (κ3) is 4.16. The Morgan fingerprint density at radius 2 is 2.19 bits per heavy atom. The van der Waals surface area contributed by atoms with E-state index in [1.54, 1.807) is 11.3 Å². The van der Waals surface area contributed by atoms with Crippen LogP contribution >= 0.6 is 23.1 Å². The van der Waals surface area contributed by atoms with Crippen LogP contribution in [0.3, 0.4) is 0 Å². The molecule has 6 nitrogen and oxygen atoms in total. The van der Waals surface area contributed by atoms with Gasteiger partial charge in [-0.2, -0.15) is 0 Å². The summed E-state index contributed by atoms with van der Waals surface area (Å²) in [5.41, 5.74) is 0. The fraction of sp³-hybridized carbons (Fsp3) is 0.692. The van der Waals surface area contributed by atoms with Gasteiger partial charge in [0.25, 0.3) is 0 Å². The number of hydrogen-bond donors (Lipinski definition) is 2. The summed E-state index contributed by atoms with van der Waals surface area (Å²) < 4.78 is 0.831. The lowest BCUT2D eigenvalue weighted by molar-refractivity contribution is -0.127. The SMILES string of the molecule is O=C(CSc1nnc(C2CC2)s1)N[C@H]1CCCCNC1=O. The minimum atomic E-state index is -0.392. The molecule has 1 aromatic heterocycles. The van der Waals surface area contributed by atoms with Crippen molar-refractivity contribution in [3.05, 3.63) is 5.01 Å². The molecule has 1 aromatic rings. The van der Waals surface area contributed by atoms with E-state index in [4.69, 9.17) is 0 Å². The van der Waals surface area contributed by atoms with Gasteiger partial charge in [0.05, 0.1) is 5.75 Å². The molecular formula is C13H18N4O2S2. The first-order valence-electron chi connectivity index (χ1n) is 7.25. The summed E-state index contributed by atoms with van der Waals surface area (Å²) >= 11 is 2.97. The third-order valence-corrected chi connectivity index (χ3v) is 5.77. The monoisotopic (exact) mass is 326 g/mol. The highest BCUT2D eigenvalue weighted by Gasteiger charge is 2.28. The van der Waals surface area contributed by atoms with E-state index in [2.05, 4.69) is 20.8 Å². The minimum absolute atomic E-state index is 0.0715. The van der Waals surface area contributed by atoms with Crippen LogP contribution in [0, 0.1) is 0 Å². The number of nitrogens with zero attached hydrogens (tertiary/aromatic N) is 2. The van der Waals surface area contributed by atoms with Crippen LogP contribution < -0.4 is 10.6 Å². The molecule has 1 aliphatic heterocycles. The number of amides is 2. The third-order valence-electron chi connectivity index (χ3n) is 3.55. The molecule has 1 aliphatic carbocycles. The van der Waals surface area contributed by atoms with E-state index in [9.17, 15) is 9.59 Å². The summed E-state index contributed by atoms with van der Waals surface area (Å²) in [6.45, 7) is 0.703. The van der Waals surface area contributed by atoms with Crippen LogP contribution in [0.4, 0.5) is 0 Å². The summed E-state index contributed by atoms with van der Waals surface area (Å²) in [5, 5.41) is 15.0. The van der Waals surface area contributed by atoms with Crippen LogP contribution in [-0.2, 0) is 9.59 Å². The van der Waals surface area contributed by atoms with Gasteiger partial charge in [-0.1, -0.05) is 23.1 Å². The molecule has 0 radical (unpaired) electrons. The van der Waals surface area contributed by atoms with Crippen molar-refractivity contribution in [2.24, 2.45) is 0 Å². The second-order valence-electron chi connectivity index (χ2n) is 5.38. The maximum Gasteiger partial charge on any atom is 0.242 e. The maximum absolute atomic E-state index is 11.9. The number of nitrogens with one attached hydrogen (secondary N) is 2. The smallest absolute Gasteiger partial charge is 0.242 e. The average Bonchev–Trinajstić information content (AvgIpc) is 3.25. The quantitative estimate of drug-likeness (QED) is 0.797. The zero-order valence-electron chi connectivity index (χ0n) is 11.6. The molecular weight excluding hydrogens is 308 g/mol. The van der Waals surface area contributed by atoms with Crippen LogP contribution in [-0.4, -0.2) is 40.4 Å². The zero-order valence-corrected chi connectivity index (χ0v) is 13.3. The average molecular weight is 326 g/mol. The lowest BCUT2D eigenvalue weighted by Crippen LogP contribution is -2.46. The van der Waals surface area contributed by atoms with Gasteiger partial charge in [0.15, 0.2) is 4.34 Å². The Morgan fingerprint density at radius 1 is 1.33 bits per heavy atom. The van der Waals surface area contributed by atoms with Crippen molar-refractivity contribution >= 4 is 34.9 Å². The first-order chi connectivity index (χ1) is 10.2. The highest BCUT2D eigenvalue weighted by molar-refractivity contribution is 8.01. The molecule has 0 unspecified atom stereocenters. The number of rotatable bonds is 5. The molecule has 2 fully saturated rings. The van der Waals surface area contributed by atoms with Crippen molar-refractivity contribution in [2.45, 2.75) is 48.4 Å². The van der Waals surface area contributed by atoms with Crippen molar-refractivity contribution in [2.75, 3.05) is 12.3 Å². The normalized spacial score (nSPS) is 22.5. The van der Waals surface area contributed by atoms with Crippen LogP contribution in [0.2, 0.25) is 0 Å². The molecule has 2 amide bonds. The van der Waals surface area contributed by atoms with Crippen LogP contribution in [0.5, 0.6) is 0 Å². The molecule has 1 saturated heterocycles. The highest BCUT2D eigenvalue weighted by atomic mass is 32.2. The second-order valence-corrected chi connectivity index (χ2v) is 7.61. The number of carbonyl (C=O) groups is 2. The summed E-state index contributed by atoms with van der Waals surface area (Å²) in [4.78, 5) is 23.7. The lowest BCUT2D eigenvalue weighted by Gasteiger charge is -2.14. The highest BCUT2D eigenvalue weighted by Crippen LogP contribution is 2.42. The van der Waals surface area contributed by atoms with E-state index in [0.29, 0.717) is 18.9 Å². The summed E-state index contributed by atoms with van der Waals surface area (Å²) in [7, 11) is 0. The van der Waals surface area contributed by atoms with Gasteiger partial charge >= 0.3 is 0 Å². The number of aromatic nitrogens is 2. The molecule has 2 aliphatic rings. The topological polar surface area (TPSA) is 84.0 Å². The van der Waals surface area contributed by atoms with Crippen molar-refractivity contribution in [1.29, 1.82) is 0 Å². The zero-order chi connectivity index (χ0) is 14.7. The van der Waals surface area contributed by atoms with Gasteiger partial charge in [-0.05, 0) is 32.1 Å². The second kappa shape index (κ2) is 6.74. The van der Waals surface area contributed by atoms with E-state index in [1.807, 2.05) is 0 Å². The predicted molar refractivity (Wildman–Crippen MR) is 81.4 cm³/mol. The Balaban J connectivity index is 1.45. The van der Waals surface area contributed by atoms with Gasteiger partial charge in [-0.25, -0.2) is 0 Å². The summed E-state index contributed by atoms with van der Waals surface area (Å²) in [5.74, 6) is 0.687. The van der Waals surface area contributed by atoms with Gasteiger partial charge in [0.1, 0.15) is 11.0 Å². The number of hydrogen-bond acceptors (Lipinski definition) is 6. The Bertz CT molecular complexity index is 530. The van der Waals surface area contributed by atoms with Crippen LogP contribution in [0.15, 0.2) is 4.34 Å². The molecule has 0 aromatic carbocycles. The molecule has 1 saturated carbocycles. The predicted octanol–water partition coefficient (Wildman–Crippen LogP) is 1.29. The molecule has 1 atom stereocenters. The summed E-state index contributed by atoms with van der Waals surface area (Å²) in [6.07, 6.45) is 5.06. The van der Waals surface area contributed by atoms with Gasteiger partial charge in [0, 0.05) is 12.5 Å². The van der Waals surface area contributed by atoms with E-state index >= 15 is 0 Å². The molecule has 0 bridgehead atoms. The van der Waals surface area contributed by atoms with E-state index in [-0.39, 0.29) is 17.6 Å². The van der Waals surface area contributed by atoms with E-state index in [0.717, 1.165) is 22.2 Å². The number of thioether (sulfide) groups is 1. The molecule has 8 heteroatoms. The molecule has 21 heavy (non-hydrogen) atoms. The van der Waals surface area contributed by atoms with E-state index < -0.39 is 6.04 Å². The molecule has 0 spiro atoms. The Morgan fingerprint density at radius 3 is 3.00 bits per heavy atom. The van der Waals surface area contributed by atoms with Gasteiger partial charge in [-0.15, -0.1) is 10.2 Å². The Hall–Kier alpha value is -1.15. The summed E-state index contributed by atoms with van der Waals surface area (Å²) in [6, 6.07) is -0.392. The standard InChI is InChI=1S/C13H18N4O2S2/c18-10(15-9-3-1-2-6-14-11(9)19)7-20-13-17-16-12(21-13)8-4-5-8/h8-9H,1-7H2,(H,14,19)(H,15,18)/t9-/m0/s1. The van der Waals surface area contributed by atoms with Crippen molar-refractivity contribution < 1.29 is 9.59 Å². The fourth-order valence-electron chi connectivity index (χ4n) is 2.21. The van der Waals surface area contributed by atoms with E-state index in [1.165, 1.54) is 24.6 Å². The van der Waals surface area contributed by atoms with Crippen molar-refractivity contribution in [3.8, 4) is 0 Å². The van der Waals surface area contributed by atoms with Gasteiger partial charge < -0.3 is 10.6 Å². The minimum Gasteiger partial charge on any atom is -0.354 e. The van der Waals surface area contributed by atoms with Crippen LogP contribution in [0.1, 0.15) is 43.0 Å². The van der Waals surface area contributed by atoms with Gasteiger partial charge in [0.2, 0.25) is 11.8 Å². The molecule has 114 valence electrons. The molecule has 2 N–H and O–H groups in total.